The van der Waals surface area contributed by atoms with Crippen LogP contribution in [0, 0.1) is 0 Å². The van der Waals surface area contributed by atoms with E-state index < -0.39 is 0 Å². The van der Waals surface area contributed by atoms with Gasteiger partial charge in [-0.1, -0.05) is 53.7 Å². The smallest absolute Gasteiger partial charge is 0.315 e. The van der Waals surface area contributed by atoms with Crippen molar-refractivity contribution in [3.05, 3.63) is 0 Å². The number of hydrogen-bond acceptors (Lipinski definition) is 6. The molecule has 1 rings (SSSR count). The van der Waals surface area contributed by atoms with E-state index in [0.29, 0.717) is 17.6 Å². The Labute approximate surface area is 174 Å². The van der Waals surface area contributed by atoms with E-state index in [1.54, 1.807) is 23.0 Å². The van der Waals surface area contributed by atoms with E-state index >= 15 is 0 Å². The van der Waals surface area contributed by atoms with E-state index in [-0.39, 0.29) is 11.9 Å². The minimum absolute atomic E-state index is 0.0927. The number of esters is 1. The number of carbonyl (C=O) groups is 2. The van der Waals surface area contributed by atoms with Gasteiger partial charge in [0.2, 0.25) is 0 Å². The fourth-order valence-electron chi connectivity index (χ4n) is 3.11. The topological polar surface area (TPSA) is 52.6 Å². The number of halogens is 1. The molecule has 0 bridgehead atoms. The number of unbranched alkanes of at least 4 members (excludes halogenated alkanes) is 5. The molecule has 0 radical (unpaired) electrons. The minimum Gasteiger partial charge on any atom is -0.469 e. The molecule has 1 heterocycles. The SMILES string of the molecule is COC(=O)CCCCCCCC1C[C@@](C)(CCCCC(=O)OI)SS1. The van der Waals surface area contributed by atoms with Crippen LogP contribution in [0.15, 0.2) is 0 Å². The van der Waals surface area contributed by atoms with Crippen LogP contribution in [0.5, 0.6) is 0 Å². The maximum Gasteiger partial charge on any atom is 0.315 e. The highest BCUT2D eigenvalue weighted by atomic mass is 127. The maximum atomic E-state index is 11.1. The van der Waals surface area contributed by atoms with Gasteiger partial charge in [0.15, 0.2) is 23.0 Å². The lowest BCUT2D eigenvalue weighted by Gasteiger charge is -2.21. The summed E-state index contributed by atoms with van der Waals surface area (Å²) in [6.45, 7) is 2.37. The van der Waals surface area contributed by atoms with Crippen LogP contribution in [0.3, 0.4) is 0 Å². The van der Waals surface area contributed by atoms with Crippen LogP contribution < -0.4 is 0 Å². The summed E-state index contributed by atoms with van der Waals surface area (Å²) in [5.74, 6) is -0.200. The molecule has 1 unspecified atom stereocenters. The van der Waals surface area contributed by atoms with Gasteiger partial charge in [-0.3, -0.25) is 9.59 Å². The molecule has 0 aliphatic carbocycles. The van der Waals surface area contributed by atoms with E-state index in [1.807, 2.05) is 10.8 Å². The molecular formula is C18H31IO4S2. The maximum absolute atomic E-state index is 11.1. The lowest BCUT2D eigenvalue weighted by atomic mass is 9.95. The molecule has 7 heteroatoms. The van der Waals surface area contributed by atoms with Crippen molar-refractivity contribution < 1.29 is 17.4 Å². The average molecular weight is 502 g/mol. The van der Waals surface area contributed by atoms with Crippen molar-refractivity contribution >= 4 is 56.5 Å². The van der Waals surface area contributed by atoms with Crippen molar-refractivity contribution in [1.82, 2.24) is 0 Å². The van der Waals surface area contributed by atoms with Gasteiger partial charge in [-0.05, 0) is 39.0 Å². The Morgan fingerprint density at radius 1 is 1.04 bits per heavy atom. The van der Waals surface area contributed by atoms with Gasteiger partial charge in [0, 0.05) is 22.8 Å². The molecule has 1 aliphatic heterocycles. The monoisotopic (exact) mass is 502 g/mol. The summed E-state index contributed by atoms with van der Waals surface area (Å²) in [6.07, 6.45) is 12.7. The first-order valence-electron chi connectivity index (χ1n) is 9.22. The Balaban J connectivity index is 2.02. The fraction of sp³-hybridized carbons (Fsp3) is 0.889. The lowest BCUT2D eigenvalue weighted by molar-refractivity contribution is -0.140. The predicted octanol–water partition coefficient (Wildman–Crippen LogP) is 6.26. The molecule has 0 aromatic rings. The predicted molar refractivity (Wildman–Crippen MR) is 115 cm³/mol. The van der Waals surface area contributed by atoms with E-state index in [2.05, 4.69) is 25.5 Å². The van der Waals surface area contributed by atoms with Gasteiger partial charge < -0.3 is 7.80 Å². The molecule has 4 nitrogen and oxygen atoms in total. The van der Waals surface area contributed by atoms with E-state index in [0.717, 1.165) is 30.9 Å². The number of hydrogen-bond donors (Lipinski definition) is 0. The normalized spacial score (nSPS) is 22.8. The van der Waals surface area contributed by atoms with Crippen molar-refractivity contribution in [3.8, 4) is 0 Å². The van der Waals surface area contributed by atoms with Gasteiger partial charge in [-0.2, -0.15) is 0 Å². The van der Waals surface area contributed by atoms with Crippen LogP contribution in [0.1, 0.15) is 84.0 Å². The number of methoxy groups -OCH3 is 1. The second-order valence-corrected chi connectivity index (χ2v) is 10.5. The van der Waals surface area contributed by atoms with Gasteiger partial charge >= 0.3 is 11.9 Å². The molecule has 0 amide bonds. The highest BCUT2D eigenvalue weighted by molar-refractivity contribution is 14.1. The van der Waals surface area contributed by atoms with Crippen LogP contribution in [-0.2, 0) is 17.4 Å². The number of carbonyl (C=O) groups excluding carboxylic acids is 2. The molecule has 1 fully saturated rings. The Kier molecular flexibility index (Phi) is 12.7. The van der Waals surface area contributed by atoms with Gasteiger partial charge in [0.1, 0.15) is 0 Å². The second kappa shape index (κ2) is 13.5. The third-order valence-electron chi connectivity index (χ3n) is 4.60. The molecule has 1 aliphatic rings. The van der Waals surface area contributed by atoms with Crippen molar-refractivity contribution in [3.63, 3.8) is 0 Å². The standard InChI is InChI=1S/C18H31IO4S2/c1-18(13-9-8-12-17(21)23-19)14-15(24-25-18)10-6-4-3-5-7-11-16(20)22-2/h15H,3-14H2,1-2H3/t15?,18-/m1/s1. The van der Waals surface area contributed by atoms with E-state index in [4.69, 9.17) is 0 Å². The van der Waals surface area contributed by atoms with Gasteiger partial charge in [0.25, 0.3) is 0 Å². The second-order valence-electron chi connectivity index (χ2n) is 6.99. The molecule has 0 spiro atoms. The first-order chi connectivity index (χ1) is 12.0. The molecule has 0 aromatic heterocycles. The highest BCUT2D eigenvalue weighted by Crippen LogP contribution is 2.54. The molecule has 1 saturated heterocycles. The largest absolute Gasteiger partial charge is 0.469 e. The zero-order chi connectivity index (χ0) is 18.5. The zero-order valence-electron chi connectivity index (χ0n) is 15.4. The Bertz CT molecular complexity index is 409. The summed E-state index contributed by atoms with van der Waals surface area (Å²) in [4.78, 5) is 22.2. The molecule has 25 heavy (non-hydrogen) atoms. The van der Waals surface area contributed by atoms with Crippen LogP contribution in [-0.4, -0.2) is 29.0 Å². The van der Waals surface area contributed by atoms with E-state index in [9.17, 15) is 9.59 Å². The summed E-state index contributed by atoms with van der Waals surface area (Å²) >= 11 is 1.66. The van der Waals surface area contributed by atoms with Gasteiger partial charge in [0.05, 0.1) is 7.11 Å². The molecule has 0 aromatic carbocycles. The fourth-order valence-corrected chi connectivity index (χ4v) is 7.05. The molecule has 146 valence electrons. The van der Waals surface area contributed by atoms with Crippen molar-refractivity contribution in [2.45, 2.75) is 94.0 Å². The average Bonchev–Trinajstić information content (AvgIpc) is 2.98. The van der Waals surface area contributed by atoms with Crippen LogP contribution >= 0.6 is 44.6 Å². The molecule has 0 saturated carbocycles. The lowest BCUT2D eigenvalue weighted by Crippen LogP contribution is -2.18. The third kappa shape index (κ3) is 11.0. The van der Waals surface area contributed by atoms with Crippen LogP contribution in [0.2, 0.25) is 0 Å². The zero-order valence-corrected chi connectivity index (χ0v) is 19.2. The van der Waals surface area contributed by atoms with Crippen molar-refractivity contribution in [2.75, 3.05) is 7.11 Å². The van der Waals surface area contributed by atoms with Crippen molar-refractivity contribution in [2.24, 2.45) is 0 Å². The first kappa shape index (κ1) is 23.4. The summed E-state index contributed by atoms with van der Waals surface area (Å²) in [5.41, 5.74) is 0. The van der Waals surface area contributed by atoms with Crippen LogP contribution in [0.25, 0.3) is 0 Å². The van der Waals surface area contributed by atoms with Crippen molar-refractivity contribution in [1.29, 1.82) is 0 Å². The number of rotatable bonds is 13. The third-order valence-corrected chi connectivity index (χ3v) is 8.95. The van der Waals surface area contributed by atoms with Gasteiger partial charge in [-0.15, -0.1) is 0 Å². The van der Waals surface area contributed by atoms with Crippen LogP contribution in [0.4, 0.5) is 0 Å². The summed E-state index contributed by atoms with van der Waals surface area (Å²) in [5, 5.41) is 0.768. The Hall–Kier alpha value is 0.370. The summed E-state index contributed by atoms with van der Waals surface area (Å²) < 4.78 is 9.68. The highest BCUT2D eigenvalue weighted by Gasteiger charge is 2.35. The van der Waals surface area contributed by atoms with E-state index in [1.165, 1.54) is 45.6 Å². The molecule has 0 N–H and O–H groups in total. The molecular weight excluding hydrogens is 471 g/mol. The Morgan fingerprint density at radius 3 is 2.40 bits per heavy atom. The quantitative estimate of drug-likeness (QED) is 0.128. The summed E-state index contributed by atoms with van der Waals surface area (Å²) in [7, 11) is 5.55. The number of ether oxygens (including phenoxy) is 1. The Morgan fingerprint density at radius 2 is 1.68 bits per heavy atom. The van der Waals surface area contributed by atoms with Gasteiger partial charge in [-0.25, -0.2) is 0 Å². The first-order valence-corrected chi connectivity index (χ1v) is 12.3. The summed E-state index contributed by atoms with van der Waals surface area (Å²) in [6, 6.07) is 0. The molecule has 2 atom stereocenters. The minimum atomic E-state index is -0.108.